The van der Waals surface area contributed by atoms with E-state index in [0.29, 0.717) is 37.0 Å². The Balaban J connectivity index is 1.65. The van der Waals surface area contributed by atoms with Gasteiger partial charge in [0.15, 0.2) is 0 Å². The predicted octanol–water partition coefficient (Wildman–Crippen LogP) is 0.990. The fourth-order valence-corrected chi connectivity index (χ4v) is 3.26. The molecule has 2 aliphatic rings. The topological polar surface area (TPSA) is 74.8 Å². The fourth-order valence-electron chi connectivity index (χ4n) is 3.15. The number of methoxy groups -OCH3 is 1. The van der Waals surface area contributed by atoms with E-state index < -0.39 is 0 Å². The molecule has 0 bridgehead atoms. The minimum atomic E-state index is -0.135. The molecule has 0 spiro atoms. The van der Waals surface area contributed by atoms with Crippen molar-refractivity contribution in [1.29, 1.82) is 0 Å². The molecule has 1 N–H and O–H groups in total. The number of halogens is 1. The summed E-state index contributed by atoms with van der Waals surface area (Å²) in [7, 11) is 1.62. The van der Waals surface area contributed by atoms with Crippen LogP contribution >= 0.6 is 11.6 Å². The molecule has 2 aliphatic heterocycles. The second-order valence-corrected chi connectivity index (χ2v) is 6.15. The standard InChI is InChI=1S/C15H19ClN4O3/c1-23-7-6-20-13-4-5-19(9-12(13)18-15(20)22)14(21)11-3-2-10(16)8-17-11/h2-3,8,12-13H,4-7,9H2,1H3,(H,18,22)/t12-,13+/m1/s1. The number of nitrogens with zero attached hydrogens (tertiary/aromatic N) is 3. The third-order valence-corrected chi connectivity index (χ3v) is 4.54. The Hall–Kier alpha value is -1.86. The Kier molecular flexibility index (Phi) is 4.68. The van der Waals surface area contributed by atoms with Crippen molar-refractivity contribution in [2.75, 3.05) is 33.4 Å². The highest BCUT2D eigenvalue weighted by Gasteiger charge is 2.43. The largest absolute Gasteiger partial charge is 0.383 e. The van der Waals surface area contributed by atoms with Crippen LogP contribution in [-0.4, -0.2) is 72.2 Å². The average molecular weight is 339 g/mol. The summed E-state index contributed by atoms with van der Waals surface area (Å²) in [6, 6.07) is 3.24. The monoisotopic (exact) mass is 338 g/mol. The lowest BCUT2D eigenvalue weighted by Gasteiger charge is -2.36. The van der Waals surface area contributed by atoms with E-state index >= 15 is 0 Å². The van der Waals surface area contributed by atoms with Gasteiger partial charge in [0.25, 0.3) is 5.91 Å². The third kappa shape index (κ3) is 3.25. The molecule has 23 heavy (non-hydrogen) atoms. The molecule has 3 heterocycles. The van der Waals surface area contributed by atoms with Gasteiger partial charge in [-0.25, -0.2) is 9.78 Å². The SMILES string of the molecule is COCCN1C(=O)N[C@@H]2CN(C(=O)c3ccc(Cl)cn3)CC[C@@H]21. The first-order chi connectivity index (χ1) is 11.1. The first kappa shape index (κ1) is 16.0. The van der Waals surface area contributed by atoms with Gasteiger partial charge < -0.3 is 19.9 Å². The van der Waals surface area contributed by atoms with Crippen LogP contribution < -0.4 is 5.32 Å². The van der Waals surface area contributed by atoms with E-state index in [1.807, 2.05) is 0 Å². The highest BCUT2D eigenvalue weighted by atomic mass is 35.5. The molecule has 8 heteroatoms. The molecular weight excluding hydrogens is 320 g/mol. The summed E-state index contributed by atoms with van der Waals surface area (Å²) in [5, 5.41) is 3.45. The normalized spacial score (nSPS) is 23.7. The van der Waals surface area contributed by atoms with Crippen LogP contribution in [0.4, 0.5) is 4.79 Å². The average Bonchev–Trinajstić information content (AvgIpc) is 2.87. The number of carbonyl (C=O) groups excluding carboxylic acids is 2. The summed E-state index contributed by atoms with van der Waals surface area (Å²) >= 11 is 5.80. The molecule has 2 atom stereocenters. The van der Waals surface area contributed by atoms with E-state index in [1.165, 1.54) is 6.20 Å². The number of fused-ring (bicyclic) bond motifs is 1. The third-order valence-electron chi connectivity index (χ3n) is 4.32. The number of likely N-dealkylation sites (tertiary alicyclic amines) is 1. The second kappa shape index (κ2) is 6.72. The van der Waals surface area contributed by atoms with Gasteiger partial charge in [-0.05, 0) is 18.6 Å². The van der Waals surface area contributed by atoms with E-state index in [1.54, 1.807) is 29.0 Å². The van der Waals surface area contributed by atoms with Crippen LogP contribution in [0.5, 0.6) is 0 Å². The lowest BCUT2D eigenvalue weighted by Crippen LogP contribution is -2.53. The van der Waals surface area contributed by atoms with Crippen molar-refractivity contribution in [3.63, 3.8) is 0 Å². The highest BCUT2D eigenvalue weighted by molar-refractivity contribution is 6.30. The van der Waals surface area contributed by atoms with Crippen molar-refractivity contribution in [3.05, 3.63) is 29.0 Å². The molecule has 1 aromatic rings. The molecule has 1 aromatic heterocycles. The molecule has 2 fully saturated rings. The molecule has 0 radical (unpaired) electrons. The number of rotatable bonds is 4. The summed E-state index contributed by atoms with van der Waals surface area (Å²) in [4.78, 5) is 32.2. The molecular formula is C15H19ClN4O3. The first-order valence-electron chi connectivity index (χ1n) is 7.57. The summed E-state index contributed by atoms with van der Waals surface area (Å²) in [5.74, 6) is -0.135. The number of urea groups is 1. The number of pyridine rings is 1. The molecule has 2 saturated heterocycles. The molecule has 3 amide bonds. The predicted molar refractivity (Wildman–Crippen MR) is 84.5 cm³/mol. The van der Waals surface area contributed by atoms with Gasteiger partial charge in [0, 0.05) is 32.9 Å². The van der Waals surface area contributed by atoms with Crippen LogP contribution in [0.25, 0.3) is 0 Å². The maximum Gasteiger partial charge on any atom is 0.318 e. The minimum absolute atomic E-state index is 0.0515. The molecule has 124 valence electrons. The Morgan fingerprint density at radius 1 is 1.52 bits per heavy atom. The van der Waals surface area contributed by atoms with E-state index in [4.69, 9.17) is 16.3 Å². The Morgan fingerprint density at radius 2 is 2.35 bits per heavy atom. The second-order valence-electron chi connectivity index (χ2n) is 5.71. The Labute approximate surface area is 139 Å². The number of hydrogen-bond donors (Lipinski definition) is 1. The molecule has 7 nitrogen and oxygen atoms in total. The van der Waals surface area contributed by atoms with Crippen molar-refractivity contribution in [2.45, 2.75) is 18.5 Å². The number of ether oxygens (including phenoxy) is 1. The van der Waals surface area contributed by atoms with Gasteiger partial charge in [-0.2, -0.15) is 0 Å². The Morgan fingerprint density at radius 3 is 3.04 bits per heavy atom. The van der Waals surface area contributed by atoms with Gasteiger partial charge in [0.05, 0.1) is 23.7 Å². The zero-order chi connectivity index (χ0) is 16.4. The molecule has 0 aromatic carbocycles. The van der Waals surface area contributed by atoms with E-state index in [2.05, 4.69) is 10.3 Å². The summed E-state index contributed by atoms with van der Waals surface area (Å²) < 4.78 is 5.05. The zero-order valence-corrected chi connectivity index (χ0v) is 13.6. The van der Waals surface area contributed by atoms with E-state index in [0.717, 1.165) is 6.42 Å². The van der Waals surface area contributed by atoms with Crippen molar-refractivity contribution in [2.24, 2.45) is 0 Å². The smallest absolute Gasteiger partial charge is 0.318 e. The van der Waals surface area contributed by atoms with E-state index in [-0.39, 0.29) is 24.0 Å². The van der Waals surface area contributed by atoms with Gasteiger partial charge in [0.1, 0.15) is 5.69 Å². The van der Waals surface area contributed by atoms with Crippen molar-refractivity contribution < 1.29 is 14.3 Å². The van der Waals surface area contributed by atoms with Crippen LogP contribution in [0.3, 0.4) is 0 Å². The van der Waals surface area contributed by atoms with Crippen LogP contribution in [0.1, 0.15) is 16.9 Å². The van der Waals surface area contributed by atoms with Crippen LogP contribution in [0.15, 0.2) is 18.3 Å². The quantitative estimate of drug-likeness (QED) is 0.888. The van der Waals surface area contributed by atoms with E-state index in [9.17, 15) is 9.59 Å². The maximum absolute atomic E-state index is 12.5. The Bertz CT molecular complexity index is 595. The van der Waals surface area contributed by atoms with Crippen LogP contribution in [0, 0.1) is 0 Å². The van der Waals surface area contributed by atoms with Crippen molar-refractivity contribution in [3.8, 4) is 0 Å². The lowest BCUT2D eigenvalue weighted by atomic mass is 9.99. The minimum Gasteiger partial charge on any atom is -0.383 e. The van der Waals surface area contributed by atoms with Gasteiger partial charge >= 0.3 is 6.03 Å². The number of nitrogens with one attached hydrogen (secondary N) is 1. The summed E-state index contributed by atoms with van der Waals surface area (Å²) in [5.41, 5.74) is 0.369. The number of piperidine rings is 1. The number of amides is 3. The number of hydrogen-bond acceptors (Lipinski definition) is 4. The van der Waals surface area contributed by atoms with Crippen molar-refractivity contribution in [1.82, 2.24) is 20.1 Å². The van der Waals surface area contributed by atoms with Gasteiger partial charge in [-0.15, -0.1) is 0 Å². The fraction of sp³-hybridized carbons (Fsp3) is 0.533. The highest BCUT2D eigenvalue weighted by Crippen LogP contribution is 2.23. The number of carbonyl (C=O) groups is 2. The van der Waals surface area contributed by atoms with Gasteiger partial charge in [-0.3, -0.25) is 4.79 Å². The van der Waals surface area contributed by atoms with Crippen molar-refractivity contribution >= 4 is 23.5 Å². The maximum atomic E-state index is 12.5. The number of aromatic nitrogens is 1. The van der Waals surface area contributed by atoms with Crippen LogP contribution in [0.2, 0.25) is 5.02 Å². The van der Waals surface area contributed by atoms with Crippen LogP contribution in [-0.2, 0) is 4.74 Å². The first-order valence-corrected chi connectivity index (χ1v) is 7.95. The zero-order valence-electron chi connectivity index (χ0n) is 12.9. The summed E-state index contributed by atoms with van der Waals surface area (Å²) in [6.07, 6.45) is 2.21. The molecule has 0 saturated carbocycles. The lowest BCUT2D eigenvalue weighted by molar-refractivity contribution is 0.0636. The molecule has 0 aliphatic carbocycles. The molecule has 0 unspecified atom stereocenters. The van der Waals surface area contributed by atoms with Gasteiger partial charge in [-0.1, -0.05) is 11.6 Å². The van der Waals surface area contributed by atoms with Gasteiger partial charge in [0.2, 0.25) is 0 Å². The molecule has 3 rings (SSSR count). The summed E-state index contributed by atoms with van der Waals surface area (Å²) in [6.45, 7) is 2.16.